The SMILES string of the molecule is Cn1c(=O)[nH]c(=O)c2c1nc(SC[C@@H](O)CCl)n2CCc1ccccc1. The highest BCUT2D eigenvalue weighted by atomic mass is 35.5. The van der Waals surface area contributed by atoms with Gasteiger partial charge in [0.25, 0.3) is 5.56 Å². The lowest BCUT2D eigenvalue weighted by Crippen LogP contribution is -2.29. The summed E-state index contributed by atoms with van der Waals surface area (Å²) in [7, 11) is 1.57. The third-order valence-electron chi connectivity index (χ3n) is 4.02. The third kappa shape index (κ3) is 3.87. The first kappa shape index (κ1) is 18.8. The molecule has 1 atom stereocenters. The second-order valence-corrected chi connectivity index (χ2v) is 7.19. The monoisotopic (exact) mass is 394 g/mol. The van der Waals surface area contributed by atoms with Crippen LogP contribution in [-0.4, -0.2) is 41.9 Å². The molecule has 2 heterocycles. The lowest BCUT2D eigenvalue weighted by Gasteiger charge is -2.10. The number of nitrogens with zero attached hydrogens (tertiary/aromatic N) is 3. The number of aromatic nitrogens is 4. The number of alkyl halides is 1. The number of aromatic amines is 1. The van der Waals surface area contributed by atoms with Crippen molar-refractivity contribution >= 4 is 34.5 Å². The van der Waals surface area contributed by atoms with Crippen molar-refractivity contribution in [3.8, 4) is 0 Å². The van der Waals surface area contributed by atoms with Gasteiger partial charge in [0.1, 0.15) is 0 Å². The molecule has 0 fully saturated rings. The van der Waals surface area contributed by atoms with Crippen LogP contribution in [-0.2, 0) is 20.0 Å². The van der Waals surface area contributed by atoms with E-state index in [-0.39, 0.29) is 5.88 Å². The summed E-state index contributed by atoms with van der Waals surface area (Å²) in [6.45, 7) is 0.529. The zero-order valence-corrected chi connectivity index (χ0v) is 15.8. The number of halogens is 1. The molecule has 9 heteroatoms. The summed E-state index contributed by atoms with van der Waals surface area (Å²) in [6.07, 6.45) is 0.0337. The summed E-state index contributed by atoms with van der Waals surface area (Å²) < 4.78 is 3.12. The van der Waals surface area contributed by atoms with Crippen LogP contribution in [0.25, 0.3) is 11.2 Å². The Bertz CT molecular complexity index is 1010. The molecule has 0 radical (unpaired) electrons. The minimum atomic E-state index is -0.675. The molecule has 0 bridgehead atoms. The van der Waals surface area contributed by atoms with Gasteiger partial charge in [-0.3, -0.25) is 14.3 Å². The van der Waals surface area contributed by atoms with Gasteiger partial charge in [0, 0.05) is 25.2 Å². The van der Waals surface area contributed by atoms with E-state index >= 15 is 0 Å². The van der Waals surface area contributed by atoms with Gasteiger partial charge in [-0.2, -0.15) is 0 Å². The van der Waals surface area contributed by atoms with Gasteiger partial charge < -0.3 is 9.67 Å². The van der Waals surface area contributed by atoms with Crippen LogP contribution in [0.15, 0.2) is 45.1 Å². The summed E-state index contributed by atoms with van der Waals surface area (Å²) in [5, 5.41) is 10.3. The molecule has 3 aromatic rings. The van der Waals surface area contributed by atoms with E-state index in [2.05, 4.69) is 9.97 Å². The molecule has 1 aromatic carbocycles. The number of hydrogen-bond acceptors (Lipinski definition) is 5. The van der Waals surface area contributed by atoms with Crippen LogP contribution in [0.3, 0.4) is 0 Å². The first-order valence-corrected chi connectivity index (χ1v) is 9.63. The lowest BCUT2D eigenvalue weighted by atomic mass is 10.1. The van der Waals surface area contributed by atoms with Crippen molar-refractivity contribution in [2.75, 3.05) is 11.6 Å². The van der Waals surface area contributed by atoms with Crippen LogP contribution in [0.1, 0.15) is 5.56 Å². The van der Waals surface area contributed by atoms with Crippen LogP contribution in [0.2, 0.25) is 0 Å². The molecule has 0 saturated heterocycles. The van der Waals surface area contributed by atoms with E-state index in [1.54, 1.807) is 11.6 Å². The molecular weight excluding hydrogens is 376 g/mol. The minimum absolute atomic E-state index is 0.121. The number of aliphatic hydroxyl groups excluding tert-OH is 1. The van der Waals surface area contributed by atoms with Crippen molar-refractivity contribution in [1.82, 2.24) is 19.1 Å². The van der Waals surface area contributed by atoms with E-state index in [9.17, 15) is 14.7 Å². The summed E-state index contributed by atoms with van der Waals surface area (Å²) in [4.78, 5) is 31.0. The molecule has 2 aromatic heterocycles. The molecule has 7 nitrogen and oxygen atoms in total. The maximum absolute atomic E-state index is 12.4. The standard InChI is InChI=1S/C17H19ClN4O3S/c1-21-14-13(15(24)20-16(21)25)22(8-7-11-5-3-2-4-6-11)17(19-14)26-10-12(23)9-18/h2-6,12,23H,7-10H2,1H3,(H,20,24,25)/t12-/m0/s1. The molecular formula is C17H19ClN4O3S. The molecule has 0 spiro atoms. The van der Waals surface area contributed by atoms with Crippen molar-refractivity contribution in [1.29, 1.82) is 0 Å². The molecule has 138 valence electrons. The van der Waals surface area contributed by atoms with Gasteiger partial charge in [0.2, 0.25) is 0 Å². The van der Waals surface area contributed by atoms with Crippen molar-refractivity contribution in [2.45, 2.75) is 24.2 Å². The second-order valence-electron chi connectivity index (χ2n) is 5.89. The number of aliphatic hydroxyl groups is 1. The fourth-order valence-corrected chi connectivity index (χ4v) is 3.82. The number of H-pyrrole nitrogens is 1. The number of hydrogen-bond donors (Lipinski definition) is 2. The van der Waals surface area contributed by atoms with Crippen molar-refractivity contribution < 1.29 is 5.11 Å². The van der Waals surface area contributed by atoms with E-state index in [0.29, 0.717) is 35.0 Å². The van der Waals surface area contributed by atoms with E-state index in [1.807, 2.05) is 30.3 Å². The van der Waals surface area contributed by atoms with Gasteiger partial charge in [-0.05, 0) is 12.0 Å². The predicted molar refractivity (Wildman–Crippen MR) is 103 cm³/mol. The molecule has 0 aliphatic carbocycles. The smallest absolute Gasteiger partial charge is 0.329 e. The maximum Gasteiger partial charge on any atom is 0.329 e. The first-order chi connectivity index (χ1) is 12.5. The quantitative estimate of drug-likeness (QED) is 0.466. The number of thioether (sulfide) groups is 1. The zero-order chi connectivity index (χ0) is 18.7. The summed E-state index contributed by atoms with van der Waals surface area (Å²) in [6, 6.07) is 9.91. The summed E-state index contributed by atoms with van der Waals surface area (Å²) in [5.74, 6) is 0.473. The minimum Gasteiger partial charge on any atom is -0.391 e. The van der Waals surface area contributed by atoms with E-state index in [4.69, 9.17) is 11.6 Å². The zero-order valence-electron chi connectivity index (χ0n) is 14.2. The Morgan fingerprint density at radius 2 is 2.04 bits per heavy atom. The van der Waals surface area contributed by atoms with E-state index < -0.39 is 17.4 Å². The maximum atomic E-state index is 12.4. The molecule has 0 unspecified atom stereocenters. The van der Waals surface area contributed by atoms with Crippen LogP contribution in [0.4, 0.5) is 0 Å². The molecule has 3 rings (SSSR count). The summed E-state index contributed by atoms with van der Waals surface area (Å²) in [5.41, 5.74) is 0.842. The lowest BCUT2D eigenvalue weighted by molar-refractivity contribution is 0.223. The molecule has 0 aliphatic rings. The third-order valence-corrected chi connectivity index (χ3v) is 5.50. The predicted octanol–water partition coefficient (Wildman–Crippen LogP) is 1.36. The average Bonchev–Trinajstić information content (AvgIpc) is 3.02. The van der Waals surface area contributed by atoms with Gasteiger partial charge in [-0.25, -0.2) is 9.78 Å². The molecule has 0 aliphatic heterocycles. The fraction of sp³-hybridized carbons (Fsp3) is 0.353. The Hall–Kier alpha value is -2.03. The Morgan fingerprint density at radius 3 is 2.73 bits per heavy atom. The largest absolute Gasteiger partial charge is 0.391 e. The number of nitrogens with one attached hydrogen (secondary N) is 1. The Morgan fingerprint density at radius 1 is 1.31 bits per heavy atom. The number of imidazole rings is 1. The molecule has 0 saturated carbocycles. The second kappa shape index (κ2) is 8.11. The average molecular weight is 395 g/mol. The van der Waals surface area contributed by atoms with Gasteiger partial charge in [-0.15, -0.1) is 11.6 Å². The van der Waals surface area contributed by atoms with Gasteiger partial charge in [0.05, 0.1) is 6.10 Å². The van der Waals surface area contributed by atoms with Gasteiger partial charge in [-0.1, -0.05) is 42.1 Å². The highest BCUT2D eigenvalue weighted by Gasteiger charge is 2.18. The van der Waals surface area contributed by atoms with Crippen LogP contribution in [0, 0.1) is 0 Å². The molecule has 2 N–H and O–H groups in total. The van der Waals surface area contributed by atoms with Crippen molar-refractivity contribution in [3.63, 3.8) is 0 Å². The van der Waals surface area contributed by atoms with Crippen LogP contribution >= 0.6 is 23.4 Å². The van der Waals surface area contributed by atoms with Gasteiger partial charge >= 0.3 is 5.69 Å². The highest BCUT2D eigenvalue weighted by Crippen LogP contribution is 2.23. The Kier molecular flexibility index (Phi) is 5.85. The Balaban J connectivity index is 2.03. The van der Waals surface area contributed by atoms with E-state index in [0.717, 1.165) is 5.56 Å². The van der Waals surface area contributed by atoms with Gasteiger partial charge in [0.15, 0.2) is 16.3 Å². The number of aryl methyl sites for hydroxylation is 3. The fourth-order valence-electron chi connectivity index (χ4n) is 2.63. The van der Waals surface area contributed by atoms with Crippen LogP contribution < -0.4 is 11.2 Å². The number of rotatable bonds is 7. The highest BCUT2D eigenvalue weighted by molar-refractivity contribution is 7.99. The Labute approximate surface area is 158 Å². The first-order valence-electron chi connectivity index (χ1n) is 8.11. The molecule has 26 heavy (non-hydrogen) atoms. The number of fused-ring (bicyclic) bond motifs is 1. The van der Waals surface area contributed by atoms with Crippen LogP contribution in [0.5, 0.6) is 0 Å². The van der Waals surface area contributed by atoms with Crippen molar-refractivity contribution in [3.05, 3.63) is 56.7 Å². The van der Waals surface area contributed by atoms with Crippen molar-refractivity contribution in [2.24, 2.45) is 7.05 Å². The normalized spacial score (nSPS) is 12.6. The topological polar surface area (TPSA) is 92.9 Å². The van der Waals surface area contributed by atoms with E-state index in [1.165, 1.54) is 16.3 Å². The number of benzene rings is 1. The summed E-state index contributed by atoms with van der Waals surface area (Å²) >= 11 is 6.97. The molecule has 0 amide bonds.